The molecule has 1 aromatic carbocycles. The molecule has 98 valence electrons. The molecule has 0 spiro atoms. The summed E-state index contributed by atoms with van der Waals surface area (Å²) in [6.45, 7) is 2.20. The van der Waals surface area contributed by atoms with E-state index < -0.39 is 0 Å². The number of nitrogen functional groups attached to an aromatic ring is 1. The van der Waals surface area contributed by atoms with Crippen molar-refractivity contribution in [3.63, 3.8) is 0 Å². The summed E-state index contributed by atoms with van der Waals surface area (Å²) in [5.41, 5.74) is 7.69. The topological polar surface area (TPSA) is 75.4 Å². The van der Waals surface area contributed by atoms with E-state index in [9.17, 15) is 9.59 Å². The van der Waals surface area contributed by atoms with Crippen LogP contribution < -0.4 is 11.1 Å². The molecule has 1 aromatic rings. The highest BCUT2D eigenvalue weighted by molar-refractivity contribution is 5.95. The van der Waals surface area contributed by atoms with Crippen LogP contribution in [0.1, 0.15) is 22.3 Å². The molecule has 0 aliphatic rings. The SMILES string of the molecule is Cc1cc(N)cc(C(=O)NCCC(=O)N(C)C)c1. The molecular formula is C13H19N3O2. The molecular weight excluding hydrogens is 230 g/mol. The van der Waals surface area contributed by atoms with Crippen molar-refractivity contribution in [2.75, 3.05) is 26.4 Å². The molecule has 0 saturated heterocycles. The van der Waals surface area contributed by atoms with Gasteiger partial charge in [-0.3, -0.25) is 9.59 Å². The lowest BCUT2D eigenvalue weighted by atomic mass is 10.1. The smallest absolute Gasteiger partial charge is 0.251 e. The standard InChI is InChI=1S/C13H19N3O2/c1-9-6-10(8-11(14)7-9)13(18)15-5-4-12(17)16(2)3/h6-8H,4-5,14H2,1-3H3,(H,15,18). The zero-order chi connectivity index (χ0) is 13.7. The lowest BCUT2D eigenvalue weighted by Gasteiger charge is -2.11. The van der Waals surface area contributed by atoms with E-state index in [4.69, 9.17) is 5.73 Å². The number of hydrogen-bond donors (Lipinski definition) is 2. The van der Waals surface area contributed by atoms with E-state index in [1.165, 1.54) is 4.90 Å². The maximum atomic E-state index is 11.8. The number of nitrogens with two attached hydrogens (primary N) is 1. The number of carbonyl (C=O) groups is 2. The third-order valence-electron chi connectivity index (χ3n) is 2.49. The predicted molar refractivity (Wildman–Crippen MR) is 71.2 cm³/mol. The van der Waals surface area contributed by atoms with Crippen molar-refractivity contribution >= 4 is 17.5 Å². The molecule has 0 unspecified atom stereocenters. The van der Waals surface area contributed by atoms with E-state index in [2.05, 4.69) is 5.32 Å². The highest BCUT2D eigenvalue weighted by Gasteiger charge is 2.08. The van der Waals surface area contributed by atoms with Crippen LogP contribution in [-0.4, -0.2) is 37.4 Å². The number of nitrogens with zero attached hydrogens (tertiary/aromatic N) is 1. The van der Waals surface area contributed by atoms with Crippen LogP contribution in [-0.2, 0) is 4.79 Å². The van der Waals surface area contributed by atoms with Gasteiger partial charge in [0.25, 0.3) is 5.91 Å². The van der Waals surface area contributed by atoms with E-state index in [1.54, 1.807) is 32.3 Å². The van der Waals surface area contributed by atoms with Gasteiger partial charge >= 0.3 is 0 Å². The second kappa shape index (κ2) is 6.05. The average Bonchev–Trinajstić information content (AvgIpc) is 2.27. The van der Waals surface area contributed by atoms with Crippen LogP contribution in [0.4, 0.5) is 5.69 Å². The fourth-order valence-corrected chi connectivity index (χ4v) is 1.55. The van der Waals surface area contributed by atoms with Crippen molar-refractivity contribution in [3.8, 4) is 0 Å². The number of carbonyl (C=O) groups excluding carboxylic acids is 2. The summed E-state index contributed by atoms with van der Waals surface area (Å²) < 4.78 is 0. The number of benzene rings is 1. The third kappa shape index (κ3) is 4.08. The Kier molecular flexibility index (Phi) is 4.71. The Balaban J connectivity index is 2.53. The average molecular weight is 249 g/mol. The number of hydrogen-bond acceptors (Lipinski definition) is 3. The van der Waals surface area contributed by atoms with Crippen molar-refractivity contribution < 1.29 is 9.59 Å². The summed E-state index contributed by atoms with van der Waals surface area (Å²) in [6, 6.07) is 5.18. The number of rotatable bonds is 4. The predicted octanol–water partition coefficient (Wildman–Crippen LogP) is 0.785. The molecule has 2 amide bonds. The Morgan fingerprint density at radius 3 is 2.50 bits per heavy atom. The fraction of sp³-hybridized carbons (Fsp3) is 0.385. The third-order valence-corrected chi connectivity index (χ3v) is 2.49. The van der Waals surface area contributed by atoms with Crippen LogP contribution >= 0.6 is 0 Å². The normalized spacial score (nSPS) is 9.94. The zero-order valence-electron chi connectivity index (χ0n) is 11.0. The van der Waals surface area contributed by atoms with Crippen molar-refractivity contribution in [1.29, 1.82) is 0 Å². The molecule has 1 rings (SSSR count). The Labute approximate surface area is 107 Å². The molecule has 0 aromatic heterocycles. The van der Waals surface area contributed by atoms with Gasteiger partial charge in [0.05, 0.1) is 0 Å². The minimum absolute atomic E-state index is 0.0148. The van der Waals surface area contributed by atoms with Crippen molar-refractivity contribution in [2.24, 2.45) is 0 Å². The maximum Gasteiger partial charge on any atom is 0.251 e. The van der Waals surface area contributed by atoms with Crippen LogP contribution in [0.25, 0.3) is 0 Å². The van der Waals surface area contributed by atoms with E-state index in [-0.39, 0.29) is 11.8 Å². The quantitative estimate of drug-likeness (QED) is 0.774. The Morgan fingerprint density at radius 1 is 1.28 bits per heavy atom. The van der Waals surface area contributed by atoms with Gasteiger partial charge in [0.15, 0.2) is 0 Å². The van der Waals surface area contributed by atoms with E-state index in [1.807, 2.05) is 6.92 Å². The largest absolute Gasteiger partial charge is 0.399 e. The minimum atomic E-state index is -0.211. The summed E-state index contributed by atoms with van der Waals surface area (Å²) in [7, 11) is 3.37. The van der Waals surface area contributed by atoms with Gasteiger partial charge in [-0.1, -0.05) is 0 Å². The molecule has 0 aliphatic heterocycles. The van der Waals surface area contributed by atoms with Gasteiger partial charge in [-0.05, 0) is 30.7 Å². The van der Waals surface area contributed by atoms with Crippen LogP contribution in [0.15, 0.2) is 18.2 Å². The molecule has 0 fully saturated rings. The van der Waals surface area contributed by atoms with Gasteiger partial charge in [-0.15, -0.1) is 0 Å². The molecule has 18 heavy (non-hydrogen) atoms. The molecule has 3 N–H and O–H groups in total. The highest BCUT2D eigenvalue weighted by Crippen LogP contribution is 2.10. The zero-order valence-corrected chi connectivity index (χ0v) is 11.0. The summed E-state index contributed by atoms with van der Waals surface area (Å²) in [5, 5.41) is 2.70. The van der Waals surface area contributed by atoms with Gasteiger partial charge in [-0.2, -0.15) is 0 Å². The highest BCUT2D eigenvalue weighted by atomic mass is 16.2. The molecule has 0 bridgehead atoms. The summed E-state index contributed by atoms with van der Waals surface area (Å²) in [6.07, 6.45) is 0.292. The number of amides is 2. The van der Waals surface area contributed by atoms with E-state index >= 15 is 0 Å². The minimum Gasteiger partial charge on any atom is -0.399 e. The van der Waals surface area contributed by atoms with Gasteiger partial charge in [0.2, 0.25) is 5.91 Å². The van der Waals surface area contributed by atoms with Gasteiger partial charge in [0, 0.05) is 38.3 Å². The molecule has 5 nitrogen and oxygen atoms in total. The Morgan fingerprint density at radius 2 is 1.94 bits per heavy atom. The second-order valence-electron chi connectivity index (χ2n) is 4.43. The lowest BCUT2D eigenvalue weighted by molar-refractivity contribution is -0.128. The molecule has 0 radical (unpaired) electrons. The molecule has 0 heterocycles. The first-order valence-corrected chi connectivity index (χ1v) is 5.75. The monoisotopic (exact) mass is 249 g/mol. The first-order valence-electron chi connectivity index (χ1n) is 5.75. The summed E-state index contributed by atoms with van der Waals surface area (Å²) >= 11 is 0. The molecule has 5 heteroatoms. The number of anilines is 1. The summed E-state index contributed by atoms with van der Waals surface area (Å²) in [5.74, 6) is -0.226. The van der Waals surface area contributed by atoms with Crippen LogP contribution in [0.5, 0.6) is 0 Å². The Hall–Kier alpha value is -2.04. The summed E-state index contributed by atoms with van der Waals surface area (Å²) in [4.78, 5) is 24.6. The number of aryl methyl sites for hydroxylation is 1. The van der Waals surface area contributed by atoms with Crippen molar-refractivity contribution in [1.82, 2.24) is 10.2 Å². The van der Waals surface area contributed by atoms with Crippen LogP contribution in [0.2, 0.25) is 0 Å². The maximum absolute atomic E-state index is 11.8. The number of nitrogens with one attached hydrogen (secondary N) is 1. The molecule has 0 atom stereocenters. The van der Waals surface area contributed by atoms with Crippen molar-refractivity contribution in [3.05, 3.63) is 29.3 Å². The first kappa shape index (κ1) is 14.0. The second-order valence-corrected chi connectivity index (χ2v) is 4.43. The molecule has 0 aliphatic carbocycles. The van der Waals surface area contributed by atoms with Crippen molar-refractivity contribution in [2.45, 2.75) is 13.3 Å². The van der Waals surface area contributed by atoms with E-state index in [0.29, 0.717) is 24.2 Å². The Bertz CT molecular complexity index is 435. The van der Waals surface area contributed by atoms with Gasteiger partial charge in [0.1, 0.15) is 0 Å². The van der Waals surface area contributed by atoms with Gasteiger partial charge < -0.3 is 16.0 Å². The van der Waals surface area contributed by atoms with E-state index in [0.717, 1.165) is 5.56 Å². The van der Waals surface area contributed by atoms with Crippen LogP contribution in [0.3, 0.4) is 0 Å². The first-order chi connectivity index (χ1) is 8.40. The lowest BCUT2D eigenvalue weighted by Crippen LogP contribution is -2.30. The molecule has 0 saturated carbocycles. The van der Waals surface area contributed by atoms with Crippen LogP contribution in [0, 0.1) is 6.92 Å². The fourth-order valence-electron chi connectivity index (χ4n) is 1.55. The van der Waals surface area contributed by atoms with Gasteiger partial charge in [-0.25, -0.2) is 0 Å².